The molecule has 1 unspecified atom stereocenters. The van der Waals surface area contributed by atoms with Crippen LogP contribution in [-0.4, -0.2) is 64.6 Å². The molecule has 1 aromatic heterocycles. The molecule has 30 heavy (non-hydrogen) atoms. The summed E-state index contributed by atoms with van der Waals surface area (Å²) in [7, 11) is 2.64. The van der Waals surface area contributed by atoms with E-state index in [0.29, 0.717) is 0 Å². The van der Waals surface area contributed by atoms with Crippen LogP contribution >= 0.6 is 0 Å². The van der Waals surface area contributed by atoms with Crippen LogP contribution in [0.5, 0.6) is 11.5 Å². The number of halogens is 1. The number of alkyl halides is 1. The minimum atomic E-state index is -2.50. The molecule has 3 rings (SSSR count). The largest absolute Gasteiger partial charge is 0.493 e. The number of hydrogen-bond acceptors (Lipinski definition) is 9. The molecule has 0 spiro atoms. The van der Waals surface area contributed by atoms with Crippen molar-refractivity contribution in [2.45, 2.75) is 30.9 Å². The van der Waals surface area contributed by atoms with Crippen LogP contribution in [0.2, 0.25) is 0 Å². The van der Waals surface area contributed by atoms with E-state index in [1.54, 1.807) is 0 Å². The fourth-order valence-electron chi connectivity index (χ4n) is 3.04. The highest BCUT2D eigenvalue weighted by molar-refractivity contribution is 5.93. The van der Waals surface area contributed by atoms with Crippen LogP contribution in [0.25, 0.3) is 0 Å². The molecular weight excluding hydrogens is 407 g/mol. The Kier molecular flexibility index (Phi) is 6.20. The summed E-state index contributed by atoms with van der Waals surface area (Å²) in [5.41, 5.74) is -1.76. The summed E-state index contributed by atoms with van der Waals surface area (Å²) in [6.07, 6.45) is -8.36. The van der Waals surface area contributed by atoms with Crippen LogP contribution in [0, 0.1) is 0 Å². The Balaban J connectivity index is 1.79. The van der Waals surface area contributed by atoms with Crippen LogP contribution in [0.1, 0.15) is 16.6 Å². The van der Waals surface area contributed by atoms with Gasteiger partial charge in [-0.25, -0.2) is 9.59 Å². The number of methoxy groups -OCH3 is 2. The van der Waals surface area contributed by atoms with Crippen molar-refractivity contribution >= 4 is 5.97 Å². The summed E-state index contributed by atoms with van der Waals surface area (Å²) in [6.45, 7) is 0. The molecular formula is C18H19FN2O9. The first-order chi connectivity index (χ1) is 14.3. The average Bonchev–Trinajstić information content (AvgIpc) is 3.02. The number of carbonyl (C=O) groups excluding carboxylic acids is 1. The highest BCUT2D eigenvalue weighted by atomic mass is 19.1. The lowest BCUT2D eigenvalue weighted by Crippen LogP contribution is -2.39. The number of hydrogen-bond donors (Lipinski definition) is 3. The molecule has 1 aliphatic heterocycles. The number of benzene rings is 1. The standard InChI is InChI=1S/C18H19FN2O9/c1-27-9-5-3-4-8(13(9)28-2)17(25)30-15(19)14-11(23)12(24)16(29-14)21-7-6-10(22)20-18(21)26/h3-7,11-12,14-16,23-24H,1-2H3,(H,20,22,26)/t11-,12+,14-,15?,16+/m0/s1. The predicted molar refractivity (Wildman–Crippen MR) is 97.1 cm³/mol. The molecule has 0 radical (unpaired) electrons. The van der Waals surface area contributed by atoms with Gasteiger partial charge in [0.25, 0.3) is 11.9 Å². The lowest BCUT2D eigenvalue weighted by molar-refractivity contribution is -0.136. The summed E-state index contributed by atoms with van der Waals surface area (Å²) in [4.78, 5) is 37.4. The SMILES string of the molecule is COc1cccc(C(=O)OC(F)[C@H]2O[C@@H](n3ccc(=O)[nH]c3=O)[C@H](O)[C@@H]2O)c1OC. The van der Waals surface area contributed by atoms with Gasteiger partial charge in [-0.3, -0.25) is 14.3 Å². The van der Waals surface area contributed by atoms with Crippen molar-refractivity contribution in [1.82, 2.24) is 9.55 Å². The molecule has 162 valence electrons. The van der Waals surface area contributed by atoms with Gasteiger partial charge >= 0.3 is 11.7 Å². The molecule has 3 N–H and O–H groups in total. The van der Waals surface area contributed by atoms with Crippen molar-refractivity contribution in [2.75, 3.05) is 14.2 Å². The number of nitrogens with zero attached hydrogens (tertiary/aromatic N) is 1. The fourth-order valence-corrected chi connectivity index (χ4v) is 3.04. The Bertz CT molecular complexity index is 1040. The van der Waals surface area contributed by atoms with Gasteiger partial charge < -0.3 is 29.2 Å². The van der Waals surface area contributed by atoms with Gasteiger partial charge in [0.2, 0.25) is 0 Å². The minimum Gasteiger partial charge on any atom is -0.493 e. The van der Waals surface area contributed by atoms with Gasteiger partial charge in [-0.2, -0.15) is 4.39 Å². The maximum absolute atomic E-state index is 14.7. The van der Waals surface area contributed by atoms with Crippen molar-refractivity contribution in [3.05, 3.63) is 56.9 Å². The Morgan fingerprint density at radius 3 is 2.57 bits per heavy atom. The third-order valence-corrected chi connectivity index (χ3v) is 4.50. The summed E-state index contributed by atoms with van der Waals surface area (Å²) < 4.78 is 35.6. The van der Waals surface area contributed by atoms with Crippen LogP contribution in [0.15, 0.2) is 40.1 Å². The van der Waals surface area contributed by atoms with E-state index in [1.807, 2.05) is 4.98 Å². The van der Waals surface area contributed by atoms with Crippen LogP contribution in [0.4, 0.5) is 4.39 Å². The number of H-pyrrole nitrogens is 1. The fraction of sp³-hybridized carbons (Fsp3) is 0.389. The molecule has 5 atom stereocenters. The molecule has 2 heterocycles. The predicted octanol–water partition coefficient (Wildman–Crippen LogP) is -0.674. The van der Waals surface area contributed by atoms with E-state index in [9.17, 15) is 29.0 Å². The minimum absolute atomic E-state index is 0.0165. The maximum atomic E-state index is 14.7. The highest BCUT2D eigenvalue weighted by Crippen LogP contribution is 2.34. The van der Waals surface area contributed by atoms with Gasteiger partial charge in [0.05, 0.1) is 14.2 Å². The lowest BCUT2D eigenvalue weighted by atomic mass is 10.1. The third kappa shape index (κ3) is 3.92. The van der Waals surface area contributed by atoms with Crippen LogP contribution < -0.4 is 20.7 Å². The number of para-hydroxylation sites is 1. The van der Waals surface area contributed by atoms with E-state index in [4.69, 9.17) is 18.9 Å². The summed E-state index contributed by atoms with van der Waals surface area (Å²) in [5.74, 6) is -0.900. The van der Waals surface area contributed by atoms with E-state index in [-0.39, 0.29) is 17.1 Å². The third-order valence-electron chi connectivity index (χ3n) is 4.50. The van der Waals surface area contributed by atoms with Crippen molar-refractivity contribution < 1.29 is 38.3 Å². The lowest BCUT2D eigenvalue weighted by Gasteiger charge is -2.20. The zero-order valence-electron chi connectivity index (χ0n) is 15.9. The van der Waals surface area contributed by atoms with Crippen molar-refractivity contribution in [1.29, 1.82) is 0 Å². The Hall–Kier alpha value is -3.22. The van der Waals surface area contributed by atoms with E-state index in [1.165, 1.54) is 32.4 Å². The van der Waals surface area contributed by atoms with Gasteiger partial charge in [0.15, 0.2) is 23.8 Å². The van der Waals surface area contributed by atoms with Crippen LogP contribution in [0.3, 0.4) is 0 Å². The molecule has 0 amide bonds. The number of aliphatic hydroxyl groups is 2. The van der Waals surface area contributed by atoms with Crippen molar-refractivity contribution in [3.63, 3.8) is 0 Å². The summed E-state index contributed by atoms with van der Waals surface area (Å²) in [6, 6.07) is 5.29. The van der Waals surface area contributed by atoms with Gasteiger partial charge in [-0.15, -0.1) is 0 Å². The number of aromatic amines is 1. The monoisotopic (exact) mass is 426 g/mol. The molecule has 1 fully saturated rings. The van der Waals surface area contributed by atoms with Crippen molar-refractivity contribution in [3.8, 4) is 11.5 Å². The first-order valence-corrected chi connectivity index (χ1v) is 8.67. The molecule has 11 nitrogen and oxygen atoms in total. The second-order valence-electron chi connectivity index (χ2n) is 6.29. The number of esters is 1. The molecule has 1 saturated heterocycles. The Labute approximate surface area is 168 Å². The van der Waals surface area contributed by atoms with E-state index in [2.05, 4.69) is 0 Å². The number of carbonyl (C=O) groups is 1. The van der Waals surface area contributed by atoms with Gasteiger partial charge in [-0.1, -0.05) is 6.07 Å². The van der Waals surface area contributed by atoms with Crippen LogP contribution in [-0.2, 0) is 9.47 Å². The van der Waals surface area contributed by atoms with E-state index in [0.717, 1.165) is 16.8 Å². The zero-order valence-corrected chi connectivity index (χ0v) is 15.9. The second kappa shape index (κ2) is 8.65. The highest BCUT2D eigenvalue weighted by Gasteiger charge is 2.49. The number of nitrogens with one attached hydrogen (secondary N) is 1. The normalized spacial score (nSPS) is 24.3. The molecule has 0 saturated carbocycles. The molecule has 2 aromatic rings. The van der Waals surface area contributed by atoms with E-state index >= 15 is 0 Å². The smallest absolute Gasteiger partial charge is 0.344 e. The topological polar surface area (TPSA) is 149 Å². The first-order valence-electron chi connectivity index (χ1n) is 8.67. The maximum Gasteiger partial charge on any atom is 0.344 e. The summed E-state index contributed by atoms with van der Waals surface area (Å²) in [5, 5.41) is 20.3. The Morgan fingerprint density at radius 2 is 1.93 bits per heavy atom. The first kappa shape index (κ1) is 21.5. The Morgan fingerprint density at radius 1 is 1.20 bits per heavy atom. The number of ether oxygens (including phenoxy) is 4. The molecule has 1 aliphatic rings. The van der Waals surface area contributed by atoms with E-state index < -0.39 is 48.1 Å². The number of aliphatic hydroxyl groups excluding tert-OH is 2. The second-order valence-corrected chi connectivity index (χ2v) is 6.29. The average molecular weight is 426 g/mol. The molecule has 0 aliphatic carbocycles. The van der Waals surface area contributed by atoms with Crippen molar-refractivity contribution in [2.24, 2.45) is 0 Å². The zero-order chi connectivity index (χ0) is 22.0. The molecule has 0 bridgehead atoms. The van der Waals surface area contributed by atoms with Gasteiger partial charge in [0.1, 0.15) is 17.8 Å². The molecule has 1 aromatic carbocycles. The van der Waals surface area contributed by atoms with Gasteiger partial charge in [-0.05, 0) is 12.1 Å². The number of aromatic nitrogens is 2. The number of rotatable bonds is 6. The van der Waals surface area contributed by atoms with Gasteiger partial charge in [0, 0.05) is 12.3 Å². The molecule has 12 heteroatoms. The summed E-state index contributed by atoms with van der Waals surface area (Å²) >= 11 is 0. The quantitative estimate of drug-likeness (QED) is 0.511.